The molecule has 2 aliphatic rings. The fraction of sp³-hybridized carbons (Fsp3) is 0.378. The summed E-state index contributed by atoms with van der Waals surface area (Å²) in [6, 6.07) is 23.4. The van der Waals surface area contributed by atoms with Gasteiger partial charge in [0.25, 0.3) is 0 Å². The molecule has 4 aromatic carbocycles. The molecule has 4 aromatic rings. The van der Waals surface area contributed by atoms with Crippen LogP contribution in [-0.4, -0.2) is 62.2 Å². The van der Waals surface area contributed by atoms with Gasteiger partial charge in [-0.2, -0.15) is 0 Å². The average Bonchev–Trinajstić information content (AvgIpc) is 3.46. The third-order valence-corrected chi connectivity index (χ3v) is 9.57. The third kappa shape index (κ3) is 5.99. The van der Waals surface area contributed by atoms with Crippen LogP contribution >= 0.6 is 0 Å². The van der Waals surface area contributed by atoms with Gasteiger partial charge in [-0.05, 0) is 95.1 Å². The van der Waals surface area contributed by atoms with Crippen molar-refractivity contribution in [3.63, 3.8) is 0 Å². The number of carbonyl (C=O) groups excluding carboxylic acids is 1. The summed E-state index contributed by atoms with van der Waals surface area (Å²) in [5.41, 5.74) is 7.25. The third-order valence-electron chi connectivity index (χ3n) is 9.57. The van der Waals surface area contributed by atoms with E-state index in [1.54, 1.807) is 21.3 Å². The Hall–Kier alpha value is -4.07. The van der Waals surface area contributed by atoms with E-state index in [1.807, 2.05) is 17.0 Å². The summed E-state index contributed by atoms with van der Waals surface area (Å²) in [6.07, 6.45) is 1.58. The SMILES string of the molecule is COc1cc2c(cc1OC)CN(C(=O)[C@@H]1C[C@@H](NCc3ccc(OC)c(C)c3C)CN1Cc1ccc3ccccc3c1)CC2. The molecule has 7 nitrogen and oxygen atoms in total. The lowest BCUT2D eigenvalue weighted by Gasteiger charge is -2.34. The molecule has 2 heterocycles. The van der Waals surface area contributed by atoms with Crippen LogP contribution in [0, 0.1) is 13.8 Å². The maximum absolute atomic E-state index is 14.3. The number of hydrogen-bond donors (Lipinski definition) is 1. The summed E-state index contributed by atoms with van der Waals surface area (Å²) in [4.78, 5) is 18.7. The topological polar surface area (TPSA) is 63.3 Å². The number of nitrogens with one attached hydrogen (secondary N) is 1. The highest BCUT2D eigenvalue weighted by atomic mass is 16.5. The van der Waals surface area contributed by atoms with E-state index in [-0.39, 0.29) is 18.0 Å². The Morgan fingerprint density at radius 1 is 0.841 bits per heavy atom. The number of amides is 1. The molecule has 0 spiro atoms. The molecule has 0 bridgehead atoms. The first kappa shape index (κ1) is 30.0. The maximum Gasteiger partial charge on any atom is 0.240 e. The number of carbonyl (C=O) groups is 1. The van der Waals surface area contributed by atoms with Crippen LogP contribution < -0.4 is 19.5 Å². The van der Waals surface area contributed by atoms with Crippen molar-refractivity contribution in [1.82, 2.24) is 15.1 Å². The van der Waals surface area contributed by atoms with E-state index in [2.05, 4.69) is 78.7 Å². The Morgan fingerprint density at radius 2 is 1.57 bits per heavy atom. The smallest absolute Gasteiger partial charge is 0.240 e. The Kier molecular flexibility index (Phi) is 8.78. The van der Waals surface area contributed by atoms with Gasteiger partial charge < -0.3 is 24.4 Å². The van der Waals surface area contributed by atoms with E-state index in [9.17, 15) is 4.79 Å². The molecule has 230 valence electrons. The molecule has 2 atom stereocenters. The van der Waals surface area contributed by atoms with Gasteiger partial charge in [-0.15, -0.1) is 0 Å². The zero-order valence-electron chi connectivity index (χ0n) is 26.5. The lowest BCUT2D eigenvalue weighted by Crippen LogP contribution is -2.47. The van der Waals surface area contributed by atoms with Gasteiger partial charge in [0.1, 0.15) is 5.75 Å². The van der Waals surface area contributed by atoms with Crippen molar-refractivity contribution in [3.8, 4) is 17.2 Å². The first-order valence-electron chi connectivity index (χ1n) is 15.5. The molecule has 6 rings (SSSR count). The fourth-order valence-electron chi connectivity index (χ4n) is 6.86. The molecule has 0 aromatic heterocycles. The van der Waals surface area contributed by atoms with Crippen molar-refractivity contribution in [1.29, 1.82) is 0 Å². The molecule has 7 heteroatoms. The Bertz CT molecular complexity index is 1670. The van der Waals surface area contributed by atoms with E-state index >= 15 is 0 Å². The molecule has 1 amide bonds. The predicted octanol–water partition coefficient (Wildman–Crippen LogP) is 5.80. The number of benzene rings is 4. The maximum atomic E-state index is 14.3. The molecule has 0 radical (unpaired) electrons. The van der Waals surface area contributed by atoms with Crippen LogP contribution in [-0.2, 0) is 30.8 Å². The molecule has 1 saturated heterocycles. The lowest BCUT2D eigenvalue weighted by molar-refractivity contribution is -0.137. The highest BCUT2D eigenvalue weighted by Crippen LogP contribution is 2.34. The Morgan fingerprint density at radius 3 is 2.32 bits per heavy atom. The van der Waals surface area contributed by atoms with Crippen LogP contribution in [0.1, 0.15) is 39.8 Å². The van der Waals surface area contributed by atoms with E-state index in [4.69, 9.17) is 14.2 Å². The van der Waals surface area contributed by atoms with E-state index < -0.39 is 0 Å². The first-order valence-corrected chi connectivity index (χ1v) is 15.5. The summed E-state index contributed by atoms with van der Waals surface area (Å²) < 4.78 is 16.6. The van der Waals surface area contributed by atoms with Gasteiger partial charge in [-0.25, -0.2) is 0 Å². The molecule has 1 N–H and O–H groups in total. The highest BCUT2D eigenvalue weighted by Gasteiger charge is 2.39. The zero-order valence-corrected chi connectivity index (χ0v) is 26.5. The summed E-state index contributed by atoms with van der Waals surface area (Å²) in [5.74, 6) is 2.55. The standard InChI is InChI=1S/C37H43N3O4/c1-24-25(2)34(42-3)13-12-30(24)20-38-32-19-33(40(23-32)21-26-10-11-27-8-6-7-9-28(27)16-26)37(41)39-15-14-29-17-35(43-4)36(44-5)18-31(29)22-39/h6-13,16-18,32-33,38H,14-15,19-23H2,1-5H3/t32-,33+/m1/s1. The van der Waals surface area contributed by atoms with Crippen molar-refractivity contribution in [2.24, 2.45) is 0 Å². The van der Waals surface area contributed by atoms with Crippen LogP contribution in [0.3, 0.4) is 0 Å². The Labute approximate surface area is 260 Å². The van der Waals surface area contributed by atoms with Crippen LogP contribution in [0.15, 0.2) is 66.7 Å². The Balaban J connectivity index is 1.22. The summed E-state index contributed by atoms with van der Waals surface area (Å²) >= 11 is 0. The molecule has 0 unspecified atom stereocenters. The molecule has 2 aliphatic heterocycles. The van der Waals surface area contributed by atoms with Crippen LogP contribution in [0.25, 0.3) is 10.8 Å². The van der Waals surface area contributed by atoms with Crippen molar-refractivity contribution >= 4 is 16.7 Å². The van der Waals surface area contributed by atoms with E-state index in [1.165, 1.54) is 38.6 Å². The number of methoxy groups -OCH3 is 3. The second-order valence-corrected chi connectivity index (χ2v) is 12.1. The fourth-order valence-corrected chi connectivity index (χ4v) is 6.86. The minimum atomic E-state index is -0.195. The van der Waals surface area contributed by atoms with Gasteiger partial charge in [0, 0.05) is 38.8 Å². The zero-order chi connectivity index (χ0) is 30.8. The van der Waals surface area contributed by atoms with Gasteiger partial charge in [-0.1, -0.05) is 42.5 Å². The average molecular weight is 594 g/mol. The number of nitrogens with zero attached hydrogens (tertiary/aromatic N) is 2. The second-order valence-electron chi connectivity index (χ2n) is 12.1. The summed E-state index contributed by atoms with van der Waals surface area (Å²) in [7, 11) is 5.03. The van der Waals surface area contributed by atoms with Gasteiger partial charge in [0.15, 0.2) is 11.5 Å². The monoisotopic (exact) mass is 593 g/mol. The van der Waals surface area contributed by atoms with E-state index in [0.717, 1.165) is 49.5 Å². The van der Waals surface area contributed by atoms with Gasteiger partial charge in [-0.3, -0.25) is 9.69 Å². The van der Waals surface area contributed by atoms with Crippen molar-refractivity contribution in [3.05, 3.63) is 100 Å². The lowest BCUT2D eigenvalue weighted by atomic mass is 9.97. The number of hydrogen-bond acceptors (Lipinski definition) is 6. The normalized spacial score (nSPS) is 18.3. The molecule has 1 fully saturated rings. The second kappa shape index (κ2) is 12.9. The number of rotatable bonds is 9. The van der Waals surface area contributed by atoms with Crippen LogP contribution in [0.2, 0.25) is 0 Å². The number of fused-ring (bicyclic) bond motifs is 2. The molecule has 0 saturated carbocycles. The molecular weight excluding hydrogens is 550 g/mol. The number of ether oxygens (including phenoxy) is 3. The van der Waals surface area contributed by atoms with Crippen LogP contribution in [0.4, 0.5) is 0 Å². The minimum absolute atomic E-state index is 0.195. The molecule has 0 aliphatic carbocycles. The van der Waals surface area contributed by atoms with Crippen LogP contribution in [0.5, 0.6) is 17.2 Å². The number of likely N-dealkylation sites (tertiary alicyclic amines) is 1. The van der Waals surface area contributed by atoms with E-state index in [0.29, 0.717) is 18.8 Å². The van der Waals surface area contributed by atoms with Crippen molar-refractivity contribution < 1.29 is 19.0 Å². The first-order chi connectivity index (χ1) is 21.4. The predicted molar refractivity (Wildman–Crippen MR) is 175 cm³/mol. The van der Waals surface area contributed by atoms with Crippen molar-refractivity contribution in [2.45, 2.75) is 58.4 Å². The van der Waals surface area contributed by atoms with Crippen molar-refractivity contribution in [2.75, 3.05) is 34.4 Å². The summed E-state index contributed by atoms with van der Waals surface area (Å²) in [6.45, 7) is 7.84. The summed E-state index contributed by atoms with van der Waals surface area (Å²) in [5, 5.41) is 6.25. The van der Waals surface area contributed by atoms with Gasteiger partial charge in [0.05, 0.1) is 27.4 Å². The van der Waals surface area contributed by atoms with Gasteiger partial charge in [0.2, 0.25) is 5.91 Å². The quantitative estimate of drug-likeness (QED) is 0.265. The molecular formula is C37H43N3O4. The highest BCUT2D eigenvalue weighted by molar-refractivity contribution is 5.84. The van der Waals surface area contributed by atoms with Gasteiger partial charge >= 0.3 is 0 Å². The molecule has 44 heavy (non-hydrogen) atoms. The minimum Gasteiger partial charge on any atom is -0.496 e. The largest absolute Gasteiger partial charge is 0.496 e.